The van der Waals surface area contributed by atoms with Crippen LogP contribution in [0.1, 0.15) is 29.3 Å². The first-order chi connectivity index (χ1) is 8.40. The second kappa shape index (κ2) is 7.04. The minimum atomic E-state index is -0.836. The number of carbonyl (C=O) groups excluding carboxylic acids is 1. The molecule has 0 saturated carbocycles. The molecule has 3 nitrogen and oxygen atoms in total. The van der Waals surface area contributed by atoms with Crippen molar-refractivity contribution in [2.45, 2.75) is 25.5 Å². The molecular formula is C13H18BrNO2S. The van der Waals surface area contributed by atoms with Gasteiger partial charge >= 0.3 is 0 Å². The molecule has 0 aliphatic carbocycles. The van der Waals surface area contributed by atoms with E-state index >= 15 is 0 Å². The second-order valence-electron chi connectivity index (χ2n) is 4.37. The third kappa shape index (κ3) is 4.90. The summed E-state index contributed by atoms with van der Waals surface area (Å²) in [6, 6.07) is 5.60. The minimum Gasteiger partial charge on any atom is -0.352 e. The minimum absolute atomic E-state index is 0.0894. The number of aryl methyl sites for hydroxylation is 1. The van der Waals surface area contributed by atoms with Crippen LogP contribution in [-0.2, 0) is 10.8 Å². The van der Waals surface area contributed by atoms with E-state index in [1.807, 2.05) is 26.0 Å². The zero-order valence-corrected chi connectivity index (χ0v) is 13.2. The van der Waals surface area contributed by atoms with Crippen LogP contribution in [0.15, 0.2) is 22.7 Å². The smallest absolute Gasteiger partial charge is 0.251 e. The highest BCUT2D eigenvalue weighted by molar-refractivity contribution is 9.10. The van der Waals surface area contributed by atoms with Gasteiger partial charge in [-0.1, -0.05) is 22.9 Å². The summed E-state index contributed by atoms with van der Waals surface area (Å²) in [4.78, 5) is 11.9. The van der Waals surface area contributed by atoms with Gasteiger partial charge in [0.25, 0.3) is 5.91 Å². The first kappa shape index (κ1) is 15.4. The molecule has 1 aromatic rings. The van der Waals surface area contributed by atoms with Gasteiger partial charge in [0.05, 0.1) is 0 Å². The summed E-state index contributed by atoms with van der Waals surface area (Å²) in [5.41, 5.74) is 1.68. The number of hydrogen-bond acceptors (Lipinski definition) is 2. The van der Waals surface area contributed by atoms with Crippen molar-refractivity contribution in [1.82, 2.24) is 5.32 Å². The zero-order chi connectivity index (χ0) is 13.7. The van der Waals surface area contributed by atoms with E-state index in [2.05, 4.69) is 21.2 Å². The van der Waals surface area contributed by atoms with Crippen molar-refractivity contribution in [3.8, 4) is 0 Å². The van der Waals surface area contributed by atoms with Crippen molar-refractivity contribution < 1.29 is 9.00 Å². The predicted molar refractivity (Wildman–Crippen MR) is 79.4 cm³/mol. The van der Waals surface area contributed by atoms with Crippen LogP contribution >= 0.6 is 15.9 Å². The van der Waals surface area contributed by atoms with Gasteiger partial charge in [-0.3, -0.25) is 9.00 Å². The summed E-state index contributed by atoms with van der Waals surface area (Å²) in [6.07, 6.45) is 2.41. The van der Waals surface area contributed by atoms with Gasteiger partial charge in [-0.25, -0.2) is 0 Å². The average Bonchev–Trinajstić information content (AvgIpc) is 2.27. The quantitative estimate of drug-likeness (QED) is 0.901. The normalized spacial score (nSPS) is 14.0. The van der Waals surface area contributed by atoms with Crippen molar-refractivity contribution in [2.75, 3.05) is 12.8 Å². The molecule has 0 spiro atoms. The molecule has 0 aromatic heterocycles. The Hall–Kier alpha value is -0.680. The first-order valence-electron chi connectivity index (χ1n) is 5.77. The SMILES string of the molecule is Cc1cc(Br)cc(C(=O)NCC[C@H](C)[S@@](C)=O)c1. The van der Waals surface area contributed by atoms with Crippen molar-refractivity contribution in [3.63, 3.8) is 0 Å². The Labute approximate surface area is 119 Å². The lowest BCUT2D eigenvalue weighted by Crippen LogP contribution is -2.27. The maximum atomic E-state index is 11.9. The Morgan fingerprint density at radius 2 is 2.11 bits per heavy atom. The molecule has 0 fully saturated rings. The van der Waals surface area contributed by atoms with Crippen LogP contribution in [0.2, 0.25) is 0 Å². The lowest BCUT2D eigenvalue weighted by Gasteiger charge is -2.10. The van der Waals surface area contributed by atoms with Gasteiger partial charge in [0.15, 0.2) is 0 Å². The van der Waals surface area contributed by atoms with E-state index in [9.17, 15) is 9.00 Å². The number of benzene rings is 1. The lowest BCUT2D eigenvalue weighted by atomic mass is 10.1. The fourth-order valence-electron chi connectivity index (χ4n) is 1.52. The van der Waals surface area contributed by atoms with Gasteiger partial charge < -0.3 is 5.32 Å². The van der Waals surface area contributed by atoms with Crippen LogP contribution in [0.4, 0.5) is 0 Å². The Morgan fingerprint density at radius 1 is 1.44 bits per heavy atom. The zero-order valence-electron chi connectivity index (χ0n) is 10.8. The van der Waals surface area contributed by atoms with Crippen LogP contribution in [-0.4, -0.2) is 28.2 Å². The lowest BCUT2D eigenvalue weighted by molar-refractivity contribution is 0.0953. The number of hydrogen-bond donors (Lipinski definition) is 1. The molecule has 1 aromatic carbocycles. The Kier molecular flexibility index (Phi) is 6.02. The molecule has 0 radical (unpaired) electrons. The van der Waals surface area contributed by atoms with Gasteiger partial charge in [0, 0.05) is 38.9 Å². The van der Waals surface area contributed by atoms with Gasteiger partial charge in [0.2, 0.25) is 0 Å². The molecule has 1 N–H and O–H groups in total. The molecular weight excluding hydrogens is 314 g/mol. The van der Waals surface area contributed by atoms with E-state index in [1.165, 1.54) is 0 Å². The molecule has 1 amide bonds. The van der Waals surface area contributed by atoms with Gasteiger partial charge in [-0.15, -0.1) is 0 Å². The molecule has 2 atom stereocenters. The van der Waals surface area contributed by atoms with Gasteiger partial charge in [-0.2, -0.15) is 0 Å². The summed E-state index contributed by atoms with van der Waals surface area (Å²) in [5, 5.41) is 2.95. The van der Waals surface area contributed by atoms with Crippen molar-refractivity contribution in [2.24, 2.45) is 0 Å². The highest BCUT2D eigenvalue weighted by atomic mass is 79.9. The maximum absolute atomic E-state index is 11.9. The van der Waals surface area contributed by atoms with Gasteiger partial charge in [0.1, 0.15) is 0 Å². The molecule has 1 rings (SSSR count). The van der Waals surface area contributed by atoms with E-state index in [0.717, 1.165) is 16.5 Å². The summed E-state index contributed by atoms with van der Waals surface area (Å²) in [7, 11) is -0.836. The molecule has 0 bridgehead atoms. The first-order valence-corrected chi connectivity index (χ1v) is 8.19. The van der Waals surface area contributed by atoms with E-state index < -0.39 is 10.8 Å². The number of carbonyl (C=O) groups is 1. The highest BCUT2D eigenvalue weighted by Crippen LogP contribution is 2.15. The summed E-state index contributed by atoms with van der Waals surface area (Å²) >= 11 is 3.37. The van der Waals surface area contributed by atoms with Crippen LogP contribution in [0.5, 0.6) is 0 Å². The second-order valence-corrected chi connectivity index (χ2v) is 7.09. The van der Waals surface area contributed by atoms with Crippen LogP contribution in [0.25, 0.3) is 0 Å². The third-order valence-corrected chi connectivity index (χ3v) is 4.53. The molecule has 100 valence electrons. The van der Waals surface area contributed by atoms with E-state index in [-0.39, 0.29) is 11.2 Å². The maximum Gasteiger partial charge on any atom is 0.251 e. The average molecular weight is 332 g/mol. The Bertz CT molecular complexity index is 442. The molecule has 0 heterocycles. The van der Waals surface area contributed by atoms with E-state index in [4.69, 9.17) is 0 Å². The number of nitrogens with one attached hydrogen (secondary N) is 1. The molecule has 0 aliphatic rings. The fourth-order valence-corrected chi connectivity index (χ4v) is 2.58. The molecule has 5 heteroatoms. The summed E-state index contributed by atoms with van der Waals surface area (Å²) in [6.45, 7) is 4.42. The van der Waals surface area contributed by atoms with Crippen molar-refractivity contribution in [3.05, 3.63) is 33.8 Å². The Morgan fingerprint density at radius 3 is 2.67 bits per heavy atom. The number of amides is 1. The van der Waals surface area contributed by atoms with Crippen LogP contribution in [0, 0.1) is 6.92 Å². The largest absolute Gasteiger partial charge is 0.352 e. The third-order valence-electron chi connectivity index (χ3n) is 2.71. The molecule has 0 aliphatic heterocycles. The molecule has 0 unspecified atom stereocenters. The van der Waals surface area contributed by atoms with Gasteiger partial charge in [-0.05, 0) is 37.1 Å². The van der Waals surface area contributed by atoms with Crippen LogP contribution in [0.3, 0.4) is 0 Å². The molecule has 0 saturated heterocycles. The van der Waals surface area contributed by atoms with Crippen molar-refractivity contribution in [1.29, 1.82) is 0 Å². The molecule has 18 heavy (non-hydrogen) atoms. The Balaban J connectivity index is 2.53. The van der Waals surface area contributed by atoms with E-state index in [0.29, 0.717) is 12.1 Å². The topological polar surface area (TPSA) is 46.2 Å². The number of rotatable bonds is 5. The van der Waals surface area contributed by atoms with E-state index in [1.54, 1.807) is 12.3 Å². The monoisotopic (exact) mass is 331 g/mol. The summed E-state index contributed by atoms with van der Waals surface area (Å²) in [5.74, 6) is -0.0894. The van der Waals surface area contributed by atoms with Crippen molar-refractivity contribution >= 4 is 32.6 Å². The van der Waals surface area contributed by atoms with Crippen LogP contribution < -0.4 is 5.32 Å². The summed E-state index contributed by atoms with van der Waals surface area (Å²) < 4.78 is 12.1. The highest BCUT2D eigenvalue weighted by Gasteiger charge is 2.09. The predicted octanol–water partition coefficient (Wildman–Crippen LogP) is 2.64. The standard InChI is InChI=1S/C13H18BrNO2S/c1-9-6-11(8-12(14)7-9)13(16)15-5-4-10(2)18(3)17/h6-8,10H,4-5H2,1-3H3,(H,15,16)/t10-,18+/m0/s1. The fraction of sp³-hybridized carbons (Fsp3) is 0.462. The number of halogens is 1.